The molecule has 5 heteroatoms. The van der Waals surface area contributed by atoms with Crippen LogP contribution in [0.25, 0.3) is 16.9 Å². The maximum Gasteiger partial charge on any atom is 0.143 e. The van der Waals surface area contributed by atoms with Crippen molar-refractivity contribution in [2.75, 3.05) is 5.32 Å². The van der Waals surface area contributed by atoms with Gasteiger partial charge < -0.3 is 5.32 Å². The molecular formula is C21H17F2N3. The highest BCUT2D eigenvalue weighted by Gasteiger charge is 2.18. The van der Waals surface area contributed by atoms with Gasteiger partial charge in [-0.15, -0.1) is 0 Å². The Balaban J connectivity index is 1.96. The molecule has 0 aliphatic heterocycles. The quantitative estimate of drug-likeness (QED) is 0.521. The van der Waals surface area contributed by atoms with Gasteiger partial charge in [-0.3, -0.25) is 4.40 Å². The molecule has 4 aromatic rings. The van der Waals surface area contributed by atoms with Crippen LogP contribution in [-0.4, -0.2) is 9.38 Å². The summed E-state index contributed by atoms with van der Waals surface area (Å²) in [6, 6.07) is 18.5. The van der Waals surface area contributed by atoms with Crippen molar-refractivity contribution in [2.45, 2.75) is 13.3 Å². The number of nitrogens with zero attached hydrogens (tertiary/aromatic N) is 2. The number of fused-ring (bicyclic) bond motifs is 1. The SMILES string of the molecule is CCc1cccc2nc(-c3ccccc3F)c(Nc3ccc(F)cc3)n12. The summed E-state index contributed by atoms with van der Waals surface area (Å²) >= 11 is 0. The van der Waals surface area contributed by atoms with Crippen molar-refractivity contribution in [2.24, 2.45) is 0 Å². The van der Waals surface area contributed by atoms with E-state index < -0.39 is 0 Å². The molecule has 0 radical (unpaired) electrons. The zero-order valence-electron chi connectivity index (χ0n) is 14.2. The molecule has 0 spiro atoms. The lowest BCUT2D eigenvalue weighted by Crippen LogP contribution is -2.01. The van der Waals surface area contributed by atoms with Gasteiger partial charge in [-0.05, 0) is 55.0 Å². The Morgan fingerprint density at radius 2 is 1.69 bits per heavy atom. The van der Waals surface area contributed by atoms with Gasteiger partial charge in [-0.1, -0.05) is 25.1 Å². The lowest BCUT2D eigenvalue weighted by Gasteiger charge is -2.12. The molecule has 2 aromatic heterocycles. The number of aryl methyl sites for hydroxylation is 1. The van der Waals surface area contributed by atoms with E-state index in [1.54, 1.807) is 30.3 Å². The first-order valence-corrected chi connectivity index (χ1v) is 8.45. The van der Waals surface area contributed by atoms with Gasteiger partial charge in [0.2, 0.25) is 0 Å². The van der Waals surface area contributed by atoms with Gasteiger partial charge in [0.1, 0.15) is 28.8 Å². The number of nitrogens with one attached hydrogen (secondary N) is 1. The topological polar surface area (TPSA) is 29.3 Å². The zero-order valence-corrected chi connectivity index (χ0v) is 14.2. The summed E-state index contributed by atoms with van der Waals surface area (Å²) < 4.78 is 29.6. The van der Waals surface area contributed by atoms with Crippen LogP contribution in [0.5, 0.6) is 0 Å². The predicted octanol–water partition coefficient (Wildman–Crippen LogP) is 5.59. The van der Waals surface area contributed by atoms with Crippen molar-refractivity contribution >= 4 is 17.2 Å². The van der Waals surface area contributed by atoms with Crippen molar-refractivity contribution in [3.05, 3.63) is 84.1 Å². The fraction of sp³-hybridized carbons (Fsp3) is 0.0952. The molecule has 26 heavy (non-hydrogen) atoms. The molecule has 2 aromatic carbocycles. The van der Waals surface area contributed by atoms with E-state index in [0.717, 1.165) is 17.8 Å². The van der Waals surface area contributed by atoms with Gasteiger partial charge in [0.15, 0.2) is 0 Å². The Morgan fingerprint density at radius 3 is 2.42 bits per heavy atom. The normalized spacial score (nSPS) is 11.0. The van der Waals surface area contributed by atoms with E-state index in [4.69, 9.17) is 0 Å². The van der Waals surface area contributed by atoms with Crippen molar-refractivity contribution < 1.29 is 8.78 Å². The summed E-state index contributed by atoms with van der Waals surface area (Å²) in [4.78, 5) is 4.65. The van der Waals surface area contributed by atoms with Gasteiger partial charge in [-0.25, -0.2) is 13.8 Å². The molecule has 1 N–H and O–H groups in total. The number of benzene rings is 2. The van der Waals surface area contributed by atoms with Crippen LogP contribution in [0.3, 0.4) is 0 Å². The summed E-state index contributed by atoms with van der Waals surface area (Å²) in [5, 5.41) is 3.29. The molecule has 0 aliphatic carbocycles. The van der Waals surface area contributed by atoms with Crippen LogP contribution in [-0.2, 0) is 6.42 Å². The predicted molar refractivity (Wildman–Crippen MR) is 99.6 cm³/mol. The van der Waals surface area contributed by atoms with E-state index in [1.165, 1.54) is 18.2 Å². The molecule has 0 fully saturated rings. The lowest BCUT2D eigenvalue weighted by molar-refractivity contribution is 0.628. The number of hydrogen-bond acceptors (Lipinski definition) is 2. The minimum Gasteiger partial charge on any atom is -0.339 e. The zero-order chi connectivity index (χ0) is 18.1. The maximum atomic E-state index is 14.4. The number of anilines is 2. The first-order chi connectivity index (χ1) is 12.7. The van der Waals surface area contributed by atoms with Crippen LogP contribution in [0.2, 0.25) is 0 Å². The van der Waals surface area contributed by atoms with E-state index in [0.29, 0.717) is 22.8 Å². The van der Waals surface area contributed by atoms with Crippen LogP contribution in [0.1, 0.15) is 12.6 Å². The highest BCUT2D eigenvalue weighted by molar-refractivity contribution is 5.80. The molecule has 2 heterocycles. The molecule has 0 saturated heterocycles. The largest absolute Gasteiger partial charge is 0.339 e. The van der Waals surface area contributed by atoms with Gasteiger partial charge in [0.05, 0.1) is 0 Å². The fourth-order valence-electron chi connectivity index (χ4n) is 3.06. The number of pyridine rings is 1. The minimum absolute atomic E-state index is 0.308. The Labute approximate surface area is 149 Å². The third kappa shape index (κ3) is 2.81. The highest BCUT2D eigenvalue weighted by Crippen LogP contribution is 2.33. The molecule has 4 rings (SSSR count). The average Bonchev–Trinajstić information content (AvgIpc) is 3.02. The van der Waals surface area contributed by atoms with Crippen LogP contribution in [0, 0.1) is 11.6 Å². The summed E-state index contributed by atoms with van der Waals surface area (Å²) in [6.45, 7) is 2.05. The molecule has 0 aliphatic rings. The maximum absolute atomic E-state index is 14.4. The molecule has 0 amide bonds. The molecule has 130 valence electrons. The van der Waals surface area contributed by atoms with Crippen molar-refractivity contribution in [1.82, 2.24) is 9.38 Å². The Bertz CT molecular complexity index is 1070. The minimum atomic E-state index is -0.337. The monoisotopic (exact) mass is 349 g/mol. The van der Waals surface area contributed by atoms with E-state index in [9.17, 15) is 8.78 Å². The summed E-state index contributed by atoms with van der Waals surface area (Å²) in [7, 11) is 0. The Hall–Kier alpha value is -3.21. The fourth-order valence-corrected chi connectivity index (χ4v) is 3.06. The number of aromatic nitrogens is 2. The second kappa shape index (κ2) is 6.59. The number of halogens is 2. The van der Waals surface area contributed by atoms with Crippen LogP contribution in [0.4, 0.5) is 20.3 Å². The van der Waals surface area contributed by atoms with Gasteiger partial charge in [-0.2, -0.15) is 0 Å². The summed E-state index contributed by atoms with van der Waals surface area (Å²) in [5.74, 6) is 0.0162. The second-order valence-electron chi connectivity index (χ2n) is 5.99. The molecule has 0 atom stereocenters. The van der Waals surface area contributed by atoms with E-state index in [-0.39, 0.29) is 11.6 Å². The molecule has 0 bridgehead atoms. The Kier molecular flexibility index (Phi) is 4.13. The van der Waals surface area contributed by atoms with Crippen molar-refractivity contribution in [3.63, 3.8) is 0 Å². The van der Waals surface area contributed by atoms with Crippen LogP contribution in [0.15, 0.2) is 66.7 Å². The number of hydrogen-bond donors (Lipinski definition) is 1. The van der Waals surface area contributed by atoms with E-state index in [1.807, 2.05) is 22.6 Å². The highest BCUT2D eigenvalue weighted by atomic mass is 19.1. The van der Waals surface area contributed by atoms with E-state index >= 15 is 0 Å². The second-order valence-corrected chi connectivity index (χ2v) is 5.99. The van der Waals surface area contributed by atoms with Gasteiger partial charge in [0, 0.05) is 16.9 Å². The summed E-state index contributed by atoms with van der Waals surface area (Å²) in [6.07, 6.45) is 0.794. The smallest absolute Gasteiger partial charge is 0.143 e. The third-order valence-corrected chi connectivity index (χ3v) is 4.32. The van der Waals surface area contributed by atoms with E-state index in [2.05, 4.69) is 17.2 Å². The first kappa shape index (κ1) is 16.3. The lowest BCUT2D eigenvalue weighted by atomic mass is 10.1. The van der Waals surface area contributed by atoms with Crippen molar-refractivity contribution in [1.29, 1.82) is 0 Å². The Morgan fingerprint density at radius 1 is 0.923 bits per heavy atom. The average molecular weight is 349 g/mol. The van der Waals surface area contributed by atoms with Crippen LogP contribution < -0.4 is 5.32 Å². The standard InChI is InChI=1S/C21H17F2N3/c1-2-16-6-5-9-19-25-20(17-7-3-4-8-18(17)23)21(26(16)19)24-15-12-10-14(22)11-13-15/h3-13,24H,2H2,1H3. The third-order valence-electron chi connectivity index (χ3n) is 4.32. The summed E-state index contributed by atoms with van der Waals surface area (Å²) in [5.41, 5.74) is 3.42. The number of imidazole rings is 1. The number of rotatable bonds is 4. The molecule has 0 unspecified atom stereocenters. The van der Waals surface area contributed by atoms with Crippen LogP contribution >= 0.6 is 0 Å². The first-order valence-electron chi connectivity index (χ1n) is 8.45. The van der Waals surface area contributed by atoms with Gasteiger partial charge in [0.25, 0.3) is 0 Å². The molecule has 0 saturated carbocycles. The molecule has 3 nitrogen and oxygen atoms in total. The van der Waals surface area contributed by atoms with Gasteiger partial charge >= 0.3 is 0 Å². The molecular weight excluding hydrogens is 332 g/mol. The van der Waals surface area contributed by atoms with Crippen molar-refractivity contribution in [3.8, 4) is 11.3 Å².